The lowest BCUT2D eigenvalue weighted by Crippen LogP contribution is -2.18. The molecule has 0 saturated heterocycles. The monoisotopic (exact) mass is 442 g/mol. The molecule has 27 heavy (non-hydrogen) atoms. The molecule has 0 aliphatic rings. The van der Waals surface area contributed by atoms with Gasteiger partial charge in [-0.05, 0) is 25.1 Å². The molecule has 0 bridgehead atoms. The number of anilines is 1. The number of aryl methyl sites for hydroxylation is 1. The van der Waals surface area contributed by atoms with Gasteiger partial charge in [-0.3, -0.25) is 4.79 Å². The van der Waals surface area contributed by atoms with Gasteiger partial charge in [-0.2, -0.15) is 5.10 Å². The topological polar surface area (TPSA) is 59.8 Å². The SMILES string of the molecule is Cc1cc(Cl)c(CC(=O)Nc2ccnn2Cc2c(Cl)cccc2Cl)c(Cl)n1. The van der Waals surface area contributed by atoms with Gasteiger partial charge >= 0.3 is 0 Å². The first-order chi connectivity index (χ1) is 12.8. The Labute approximate surface area is 176 Å². The summed E-state index contributed by atoms with van der Waals surface area (Å²) in [5.74, 6) is 0.208. The molecule has 140 valence electrons. The molecule has 5 nitrogen and oxygen atoms in total. The Bertz CT molecular complexity index is 960. The van der Waals surface area contributed by atoms with E-state index in [1.807, 2.05) is 0 Å². The molecule has 0 atom stereocenters. The predicted molar refractivity (Wildman–Crippen MR) is 109 cm³/mol. The first kappa shape index (κ1) is 20.0. The van der Waals surface area contributed by atoms with Crippen molar-refractivity contribution in [3.63, 3.8) is 0 Å². The smallest absolute Gasteiger partial charge is 0.230 e. The summed E-state index contributed by atoms with van der Waals surface area (Å²) in [5.41, 5.74) is 1.87. The maximum Gasteiger partial charge on any atom is 0.230 e. The van der Waals surface area contributed by atoms with Crippen LogP contribution >= 0.6 is 46.4 Å². The van der Waals surface area contributed by atoms with Crippen molar-refractivity contribution in [2.45, 2.75) is 19.9 Å². The minimum Gasteiger partial charge on any atom is -0.311 e. The van der Waals surface area contributed by atoms with E-state index in [0.717, 1.165) is 0 Å². The molecule has 0 radical (unpaired) electrons. The normalized spacial score (nSPS) is 10.9. The quantitative estimate of drug-likeness (QED) is 0.534. The molecule has 2 aromatic heterocycles. The van der Waals surface area contributed by atoms with Crippen LogP contribution in [0.2, 0.25) is 20.2 Å². The maximum absolute atomic E-state index is 12.5. The van der Waals surface area contributed by atoms with Crippen LogP contribution in [0.3, 0.4) is 0 Å². The first-order valence-electron chi connectivity index (χ1n) is 7.91. The summed E-state index contributed by atoms with van der Waals surface area (Å²) in [5, 5.41) is 8.69. The number of nitrogens with zero attached hydrogens (tertiary/aromatic N) is 3. The highest BCUT2D eigenvalue weighted by atomic mass is 35.5. The molecule has 0 fully saturated rings. The van der Waals surface area contributed by atoms with E-state index in [0.29, 0.717) is 44.3 Å². The molecule has 0 aliphatic carbocycles. The molecule has 3 aromatic rings. The van der Waals surface area contributed by atoms with Gasteiger partial charge in [-0.15, -0.1) is 0 Å². The molecular weight excluding hydrogens is 430 g/mol. The van der Waals surface area contributed by atoms with Gasteiger partial charge in [0.25, 0.3) is 0 Å². The zero-order valence-corrected chi connectivity index (χ0v) is 17.2. The number of amides is 1. The third kappa shape index (κ3) is 4.74. The fourth-order valence-corrected chi connectivity index (χ4v) is 3.71. The summed E-state index contributed by atoms with van der Waals surface area (Å²) in [6, 6.07) is 8.61. The molecule has 0 unspecified atom stereocenters. The molecule has 2 heterocycles. The average Bonchev–Trinajstić information content (AvgIpc) is 3.01. The lowest BCUT2D eigenvalue weighted by molar-refractivity contribution is -0.115. The van der Waals surface area contributed by atoms with Gasteiger partial charge in [0.05, 0.1) is 19.2 Å². The van der Waals surface area contributed by atoms with Gasteiger partial charge in [0.2, 0.25) is 5.91 Å². The van der Waals surface area contributed by atoms with Gasteiger partial charge in [0.1, 0.15) is 11.0 Å². The van der Waals surface area contributed by atoms with Crippen molar-refractivity contribution in [3.8, 4) is 0 Å². The van der Waals surface area contributed by atoms with Crippen LogP contribution in [-0.2, 0) is 17.8 Å². The number of hydrogen-bond acceptors (Lipinski definition) is 3. The Hall–Kier alpha value is -1.79. The molecule has 1 N–H and O–H groups in total. The lowest BCUT2D eigenvalue weighted by atomic mass is 10.2. The van der Waals surface area contributed by atoms with Crippen LogP contribution in [0.4, 0.5) is 5.82 Å². The second-order valence-electron chi connectivity index (χ2n) is 5.81. The number of benzene rings is 1. The third-order valence-electron chi connectivity index (χ3n) is 3.84. The Morgan fingerprint density at radius 1 is 1.07 bits per heavy atom. The second kappa shape index (κ2) is 8.48. The van der Waals surface area contributed by atoms with Crippen molar-refractivity contribution >= 4 is 58.1 Å². The van der Waals surface area contributed by atoms with Crippen LogP contribution in [0.1, 0.15) is 16.8 Å². The molecule has 0 aliphatic heterocycles. The zero-order valence-electron chi connectivity index (χ0n) is 14.1. The van der Waals surface area contributed by atoms with Crippen molar-refractivity contribution < 1.29 is 4.79 Å². The van der Waals surface area contributed by atoms with Gasteiger partial charge in [0.15, 0.2) is 0 Å². The Morgan fingerprint density at radius 3 is 2.44 bits per heavy atom. The molecular formula is C18H14Cl4N4O. The van der Waals surface area contributed by atoms with E-state index in [9.17, 15) is 4.79 Å². The van der Waals surface area contributed by atoms with E-state index >= 15 is 0 Å². The summed E-state index contributed by atoms with van der Waals surface area (Å²) in [6.45, 7) is 2.09. The highest BCUT2D eigenvalue weighted by Crippen LogP contribution is 2.27. The number of pyridine rings is 1. The van der Waals surface area contributed by atoms with Crippen LogP contribution < -0.4 is 5.32 Å². The van der Waals surface area contributed by atoms with Crippen molar-refractivity contribution in [2.24, 2.45) is 0 Å². The fourth-order valence-electron chi connectivity index (χ4n) is 2.53. The molecule has 0 spiro atoms. The molecule has 9 heteroatoms. The Balaban J connectivity index is 1.76. The molecule has 1 aromatic carbocycles. The average molecular weight is 444 g/mol. The van der Waals surface area contributed by atoms with E-state index in [1.54, 1.807) is 48.1 Å². The standard InChI is InChI=1S/C18H14Cl4N4O/c1-10-7-15(21)11(18(22)24-10)8-17(27)25-16-5-6-23-26(16)9-12-13(19)3-2-4-14(12)20/h2-7H,8-9H2,1H3,(H,25,27). The minimum atomic E-state index is -0.295. The van der Waals surface area contributed by atoms with Crippen LogP contribution in [0.5, 0.6) is 0 Å². The number of carbonyl (C=O) groups is 1. The van der Waals surface area contributed by atoms with E-state index in [1.165, 1.54) is 0 Å². The summed E-state index contributed by atoms with van der Waals surface area (Å²) in [6.07, 6.45) is 1.57. The van der Waals surface area contributed by atoms with Crippen molar-refractivity contribution in [1.82, 2.24) is 14.8 Å². The van der Waals surface area contributed by atoms with Gasteiger partial charge in [-0.25, -0.2) is 9.67 Å². The van der Waals surface area contributed by atoms with E-state index in [2.05, 4.69) is 15.4 Å². The Kier molecular flexibility index (Phi) is 6.27. The Morgan fingerprint density at radius 2 is 1.78 bits per heavy atom. The number of rotatable bonds is 5. The minimum absolute atomic E-state index is 0.0109. The largest absolute Gasteiger partial charge is 0.311 e. The number of hydrogen-bond donors (Lipinski definition) is 1. The maximum atomic E-state index is 12.5. The van der Waals surface area contributed by atoms with Gasteiger partial charge in [-0.1, -0.05) is 52.5 Å². The highest BCUT2D eigenvalue weighted by molar-refractivity contribution is 6.36. The van der Waals surface area contributed by atoms with Crippen LogP contribution in [0.15, 0.2) is 36.5 Å². The van der Waals surface area contributed by atoms with Crippen LogP contribution in [0, 0.1) is 6.92 Å². The van der Waals surface area contributed by atoms with Crippen molar-refractivity contribution in [1.29, 1.82) is 0 Å². The summed E-state index contributed by atoms with van der Waals surface area (Å²) >= 11 is 24.7. The van der Waals surface area contributed by atoms with Gasteiger partial charge < -0.3 is 5.32 Å². The van der Waals surface area contributed by atoms with Gasteiger partial charge in [0, 0.05) is 38.0 Å². The molecule has 3 rings (SSSR count). The van der Waals surface area contributed by atoms with E-state index < -0.39 is 0 Å². The summed E-state index contributed by atoms with van der Waals surface area (Å²) < 4.78 is 1.60. The number of aromatic nitrogens is 3. The molecule has 1 amide bonds. The van der Waals surface area contributed by atoms with Crippen molar-refractivity contribution in [3.05, 3.63) is 73.6 Å². The second-order valence-corrected chi connectivity index (χ2v) is 7.39. The lowest BCUT2D eigenvalue weighted by Gasteiger charge is -2.12. The van der Waals surface area contributed by atoms with Crippen LogP contribution in [-0.4, -0.2) is 20.7 Å². The van der Waals surface area contributed by atoms with Crippen LogP contribution in [0.25, 0.3) is 0 Å². The third-order valence-corrected chi connectivity index (χ3v) is 5.20. The predicted octanol–water partition coefficient (Wildman–Crippen LogP) is 5.43. The van der Waals surface area contributed by atoms with E-state index in [4.69, 9.17) is 46.4 Å². The van der Waals surface area contributed by atoms with Crippen molar-refractivity contribution in [2.75, 3.05) is 5.32 Å². The number of halogens is 4. The number of nitrogens with one attached hydrogen (secondary N) is 1. The summed E-state index contributed by atoms with van der Waals surface area (Å²) in [4.78, 5) is 16.6. The zero-order chi connectivity index (χ0) is 19.6. The fraction of sp³-hybridized carbons (Fsp3) is 0.167. The molecule has 0 saturated carbocycles. The highest BCUT2D eigenvalue weighted by Gasteiger charge is 2.15. The van der Waals surface area contributed by atoms with E-state index in [-0.39, 0.29) is 17.5 Å². The first-order valence-corrected chi connectivity index (χ1v) is 9.42. The number of carbonyl (C=O) groups excluding carboxylic acids is 1. The summed E-state index contributed by atoms with van der Waals surface area (Å²) in [7, 11) is 0.